The molecule has 4 aromatic rings. The van der Waals surface area contributed by atoms with Crippen molar-refractivity contribution in [1.82, 2.24) is 10.2 Å². The van der Waals surface area contributed by atoms with Crippen LogP contribution in [-0.4, -0.2) is 51.4 Å². The van der Waals surface area contributed by atoms with E-state index in [-0.39, 0.29) is 40.2 Å². The second kappa shape index (κ2) is 14.9. The molecule has 1 N–H and O–H groups in total. The molecule has 8 nitrogen and oxygen atoms in total. The number of ether oxygens (including phenoxy) is 1. The van der Waals surface area contributed by atoms with Gasteiger partial charge in [0.25, 0.3) is 10.0 Å². The monoisotopic (exact) mass is 633 g/mol. The van der Waals surface area contributed by atoms with Gasteiger partial charge in [-0.2, -0.15) is 0 Å². The molecule has 1 unspecified atom stereocenters. The number of nitrogens with one attached hydrogen (secondary N) is 1. The van der Waals surface area contributed by atoms with Gasteiger partial charge in [-0.05, 0) is 55.3 Å². The molecular formula is C34H36ClN3O5S. The number of carbonyl (C=O) groups is 2. The van der Waals surface area contributed by atoms with Crippen LogP contribution in [0.1, 0.15) is 23.6 Å². The van der Waals surface area contributed by atoms with Crippen LogP contribution >= 0.6 is 11.6 Å². The molecule has 0 heterocycles. The predicted octanol–water partition coefficient (Wildman–Crippen LogP) is 5.63. The third kappa shape index (κ3) is 7.98. The highest BCUT2D eigenvalue weighted by Crippen LogP contribution is 2.35. The van der Waals surface area contributed by atoms with Gasteiger partial charge in [0.15, 0.2) is 0 Å². The van der Waals surface area contributed by atoms with Gasteiger partial charge in [-0.15, -0.1) is 0 Å². The van der Waals surface area contributed by atoms with Crippen LogP contribution in [-0.2, 0) is 32.6 Å². The highest BCUT2D eigenvalue weighted by atomic mass is 35.5. The lowest BCUT2D eigenvalue weighted by molar-refractivity contribution is -0.140. The van der Waals surface area contributed by atoms with E-state index in [1.54, 1.807) is 30.3 Å². The summed E-state index contributed by atoms with van der Waals surface area (Å²) in [5.74, 6) is -0.690. The molecule has 0 aromatic heterocycles. The summed E-state index contributed by atoms with van der Waals surface area (Å²) < 4.78 is 34.8. The van der Waals surface area contributed by atoms with Crippen molar-refractivity contribution in [3.8, 4) is 5.75 Å². The lowest BCUT2D eigenvalue weighted by Crippen LogP contribution is -2.53. The molecule has 0 spiro atoms. The molecule has 1 atom stereocenters. The van der Waals surface area contributed by atoms with E-state index in [4.69, 9.17) is 16.3 Å². The number of sulfonamides is 1. The Labute approximate surface area is 264 Å². The summed E-state index contributed by atoms with van der Waals surface area (Å²) in [6, 6.07) is 28.5. The number of aryl methyl sites for hydroxylation is 1. The smallest absolute Gasteiger partial charge is 0.264 e. The van der Waals surface area contributed by atoms with Crippen LogP contribution in [0.25, 0.3) is 0 Å². The van der Waals surface area contributed by atoms with Crippen LogP contribution in [0.2, 0.25) is 5.02 Å². The molecule has 0 aliphatic heterocycles. The van der Waals surface area contributed by atoms with Gasteiger partial charge in [-0.25, -0.2) is 8.42 Å². The van der Waals surface area contributed by atoms with E-state index in [0.29, 0.717) is 6.54 Å². The minimum absolute atomic E-state index is 0.00975. The Bertz CT molecular complexity index is 1670. The Balaban J connectivity index is 1.83. The van der Waals surface area contributed by atoms with Gasteiger partial charge < -0.3 is 15.0 Å². The topological polar surface area (TPSA) is 96.0 Å². The number of amides is 2. The van der Waals surface area contributed by atoms with Crippen molar-refractivity contribution in [2.75, 3.05) is 24.5 Å². The molecule has 0 bridgehead atoms. The molecule has 4 aromatic carbocycles. The van der Waals surface area contributed by atoms with Gasteiger partial charge >= 0.3 is 0 Å². The fourth-order valence-corrected chi connectivity index (χ4v) is 6.43. The fourth-order valence-electron chi connectivity index (χ4n) is 4.83. The summed E-state index contributed by atoms with van der Waals surface area (Å²) in [5.41, 5.74) is 2.80. The van der Waals surface area contributed by atoms with Gasteiger partial charge in [-0.3, -0.25) is 13.9 Å². The highest BCUT2D eigenvalue weighted by molar-refractivity contribution is 7.92. The van der Waals surface area contributed by atoms with Gasteiger partial charge in [0.1, 0.15) is 18.3 Å². The number of halogens is 1. The third-order valence-corrected chi connectivity index (χ3v) is 9.12. The maximum atomic E-state index is 14.5. The van der Waals surface area contributed by atoms with E-state index < -0.39 is 28.5 Å². The van der Waals surface area contributed by atoms with Crippen molar-refractivity contribution >= 4 is 39.1 Å². The molecule has 10 heteroatoms. The second-order valence-electron chi connectivity index (χ2n) is 10.2. The first kappa shape index (κ1) is 32.6. The maximum Gasteiger partial charge on any atom is 0.264 e. The predicted molar refractivity (Wildman–Crippen MR) is 173 cm³/mol. The average Bonchev–Trinajstić information content (AvgIpc) is 3.03. The first-order chi connectivity index (χ1) is 21.1. The molecule has 4 rings (SSSR count). The zero-order valence-electron chi connectivity index (χ0n) is 24.9. The first-order valence-corrected chi connectivity index (χ1v) is 16.0. The van der Waals surface area contributed by atoms with E-state index in [1.807, 2.05) is 68.4 Å². The van der Waals surface area contributed by atoms with Gasteiger partial charge in [0, 0.05) is 24.5 Å². The van der Waals surface area contributed by atoms with Crippen LogP contribution in [0.4, 0.5) is 5.69 Å². The molecule has 2 amide bonds. The number of benzene rings is 4. The maximum absolute atomic E-state index is 14.5. The van der Waals surface area contributed by atoms with Gasteiger partial charge in [-0.1, -0.05) is 90.0 Å². The molecule has 230 valence electrons. The van der Waals surface area contributed by atoms with Crippen LogP contribution in [0.5, 0.6) is 5.75 Å². The molecule has 0 radical (unpaired) electrons. The van der Waals surface area contributed by atoms with Crippen LogP contribution in [0.3, 0.4) is 0 Å². The van der Waals surface area contributed by atoms with Crippen molar-refractivity contribution in [2.45, 2.75) is 37.8 Å². The summed E-state index contributed by atoms with van der Waals surface area (Å²) in [5, 5.41) is 3.13. The molecule has 0 saturated carbocycles. The van der Waals surface area contributed by atoms with Crippen molar-refractivity contribution in [1.29, 1.82) is 0 Å². The number of methoxy groups -OCH3 is 1. The Hall–Kier alpha value is -4.34. The lowest BCUT2D eigenvalue weighted by Gasteiger charge is -2.34. The van der Waals surface area contributed by atoms with E-state index in [2.05, 4.69) is 5.32 Å². The summed E-state index contributed by atoms with van der Waals surface area (Å²) >= 11 is 6.32. The standard InChI is InChI=1S/C34H36ClN3O5S/c1-4-36-34(40)31(21-26-11-7-5-8-12-26)37(23-27-17-15-25(2)16-18-27)33(39)24-38(30-22-28(35)19-20-32(30)43-3)44(41,42)29-13-9-6-10-14-29/h5-20,22,31H,4,21,23-24H2,1-3H3,(H,36,40). The zero-order chi connectivity index (χ0) is 31.7. The Morgan fingerprint density at radius 1 is 0.886 bits per heavy atom. The fraction of sp³-hybridized carbons (Fsp3) is 0.235. The Morgan fingerprint density at radius 2 is 1.52 bits per heavy atom. The van der Waals surface area contributed by atoms with Gasteiger partial charge in [0.2, 0.25) is 11.8 Å². The third-order valence-electron chi connectivity index (χ3n) is 7.12. The number of rotatable bonds is 13. The Kier molecular flexibility index (Phi) is 11.0. The number of anilines is 1. The minimum atomic E-state index is -4.28. The number of likely N-dealkylation sites (N-methyl/N-ethyl adjacent to an activating group) is 1. The van der Waals surface area contributed by atoms with E-state index in [9.17, 15) is 18.0 Å². The number of carbonyl (C=O) groups excluding carboxylic acids is 2. The van der Waals surface area contributed by atoms with Crippen molar-refractivity contribution in [3.63, 3.8) is 0 Å². The van der Waals surface area contributed by atoms with Gasteiger partial charge in [0.05, 0.1) is 17.7 Å². The summed E-state index contributed by atoms with van der Waals surface area (Å²) in [6.07, 6.45) is 0.232. The summed E-state index contributed by atoms with van der Waals surface area (Å²) in [6.45, 7) is 3.61. The van der Waals surface area contributed by atoms with E-state index >= 15 is 0 Å². The summed E-state index contributed by atoms with van der Waals surface area (Å²) in [4.78, 5) is 29.5. The van der Waals surface area contributed by atoms with Crippen molar-refractivity contribution in [3.05, 3.63) is 125 Å². The number of nitrogens with zero attached hydrogens (tertiary/aromatic N) is 2. The molecule has 0 saturated heterocycles. The minimum Gasteiger partial charge on any atom is -0.495 e. The largest absolute Gasteiger partial charge is 0.495 e. The SMILES string of the molecule is CCNC(=O)C(Cc1ccccc1)N(Cc1ccc(C)cc1)C(=O)CN(c1cc(Cl)ccc1OC)S(=O)(=O)c1ccccc1. The first-order valence-electron chi connectivity index (χ1n) is 14.2. The zero-order valence-corrected chi connectivity index (χ0v) is 26.5. The molecule has 0 aliphatic rings. The quantitative estimate of drug-likeness (QED) is 0.206. The molecule has 44 heavy (non-hydrogen) atoms. The van der Waals surface area contributed by atoms with E-state index in [0.717, 1.165) is 21.0 Å². The lowest BCUT2D eigenvalue weighted by atomic mass is 10.0. The number of hydrogen-bond donors (Lipinski definition) is 1. The molecule has 0 aliphatic carbocycles. The normalized spacial score (nSPS) is 11.8. The van der Waals surface area contributed by atoms with Crippen LogP contribution in [0.15, 0.2) is 108 Å². The summed E-state index contributed by atoms with van der Waals surface area (Å²) in [7, 11) is -2.87. The Morgan fingerprint density at radius 3 is 2.14 bits per heavy atom. The van der Waals surface area contributed by atoms with Crippen LogP contribution < -0.4 is 14.4 Å². The highest BCUT2D eigenvalue weighted by Gasteiger charge is 2.35. The molecule has 0 fully saturated rings. The van der Waals surface area contributed by atoms with Crippen LogP contribution in [0, 0.1) is 6.92 Å². The van der Waals surface area contributed by atoms with E-state index in [1.165, 1.54) is 30.2 Å². The van der Waals surface area contributed by atoms with Crippen molar-refractivity contribution in [2.24, 2.45) is 0 Å². The molecular weight excluding hydrogens is 598 g/mol. The number of hydrogen-bond acceptors (Lipinski definition) is 5. The van der Waals surface area contributed by atoms with Crippen molar-refractivity contribution < 1.29 is 22.7 Å². The second-order valence-corrected chi connectivity index (χ2v) is 12.5. The average molecular weight is 634 g/mol.